The molecule has 0 spiro atoms. The van der Waals surface area contributed by atoms with Crippen molar-refractivity contribution in [1.82, 2.24) is 9.55 Å². The second-order valence-corrected chi connectivity index (χ2v) is 4.77. The molecule has 1 aromatic heterocycles. The number of nitrogens with one attached hydrogen (secondary N) is 1. The van der Waals surface area contributed by atoms with Crippen molar-refractivity contribution >= 4 is 0 Å². The minimum absolute atomic E-state index is 0.0328. The second kappa shape index (κ2) is 3.85. The molecule has 84 valence electrons. The maximum absolute atomic E-state index is 11.6. The Hall–Kier alpha value is -1.03. The maximum Gasteiger partial charge on any atom is 0.326 e. The summed E-state index contributed by atoms with van der Waals surface area (Å²) in [4.78, 5) is 14.3. The molecule has 0 amide bonds. The second-order valence-electron chi connectivity index (χ2n) is 4.77. The molecule has 2 atom stereocenters. The Balaban J connectivity index is 2.36. The van der Waals surface area contributed by atoms with Crippen molar-refractivity contribution in [2.24, 2.45) is 11.7 Å². The molecule has 1 aliphatic carbocycles. The van der Waals surface area contributed by atoms with Gasteiger partial charge in [-0.3, -0.25) is 4.57 Å². The maximum atomic E-state index is 11.6. The van der Waals surface area contributed by atoms with E-state index in [1.54, 1.807) is 10.8 Å². The lowest BCUT2D eigenvalue weighted by Crippen LogP contribution is -2.48. The fourth-order valence-electron chi connectivity index (χ4n) is 2.83. The van der Waals surface area contributed by atoms with Crippen LogP contribution in [0, 0.1) is 5.92 Å². The van der Waals surface area contributed by atoms with Gasteiger partial charge in [-0.15, -0.1) is 0 Å². The minimum atomic E-state index is -0.144. The molecule has 2 unspecified atom stereocenters. The van der Waals surface area contributed by atoms with E-state index in [1.165, 1.54) is 6.42 Å². The van der Waals surface area contributed by atoms with Crippen LogP contribution in [-0.2, 0) is 5.54 Å². The molecule has 1 heterocycles. The first kappa shape index (κ1) is 10.5. The minimum Gasteiger partial charge on any atom is -0.328 e. The quantitative estimate of drug-likeness (QED) is 0.764. The molecular formula is C11H19N3O. The third-order valence-corrected chi connectivity index (χ3v) is 3.61. The molecule has 1 fully saturated rings. The molecule has 1 saturated carbocycles. The monoisotopic (exact) mass is 209 g/mol. The molecule has 1 aliphatic rings. The van der Waals surface area contributed by atoms with Gasteiger partial charge in [-0.05, 0) is 18.8 Å². The van der Waals surface area contributed by atoms with Gasteiger partial charge in [0.25, 0.3) is 0 Å². The number of rotatable bonds is 2. The zero-order valence-corrected chi connectivity index (χ0v) is 9.20. The molecule has 0 radical (unpaired) electrons. The van der Waals surface area contributed by atoms with Crippen LogP contribution in [-0.4, -0.2) is 16.1 Å². The highest BCUT2D eigenvalue weighted by atomic mass is 16.1. The average Bonchev–Trinajstić information content (AvgIpc) is 2.65. The van der Waals surface area contributed by atoms with E-state index in [0.29, 0.717) is 12.5 Å². The first-order chi connectivity index (χ1) is 7.18. The molecule has 0 saturated heterocycles. The lowest BCUT2D eigenvalue weighted by molar-refractivity contribution is 0.156. The van der Waals surface area contributed by atoms with E-state index in [2.05, 4.69) is 11.9 Å². The summed E-state index contributed by atoms with van der Waals surface area (Å²) >= 11 is 0. The summed E-state index contributed by atoms with van der Waals surface area (Å²) in [5.74, 6) is 0.657. The van der Waals surface area contributed by atoms with Gasteiger partial charge in [-0.2, -0.15) is 0 Å². The highest BCUT2D eigenvalue weighted by Gasteiger charge is 2.36. The fraction of sp³-hybridized carbons (Fsp3) is 0.727. The number of imidazole rings is 1. The van der Waals surface area contributed by atoms with Crippen molar-refractivity contribution in [3.63, 3.8) is 0 Å². The summed E-state index contributed by atoms with van der Waals surface area (Å²) in [7, 11) is 0. The van der Waals surface area contributed by atoms with Crippen molar-refractivity contribution in [3.8, 4) is 0 Å². The highest BCUT2D eigenvalue weighted by molar-refractivity contribution is 4.96. The number of H-pyrrole nitrogens is 1. The van der Waals surface area contributed by atoms with Crippen molar-refractivity contribution in [2.75, 3.05) is 6.54 Å². The van der Waals surface area contributed by atoms with Crippen LogP contribution < -0.4 is 11.4 Å². The molecule has 2 rings (SSSR count). The van der Waals surface area contributed by atoms with Crippen molar-refractivity contribution in [2.45, 2.75) is 38.1 Å². The Morgan fingerprint density at radius 3 is 3.07 bits per heavy atom. The van der Waals surface area contributed by atoms with Gasteiger partial charge in [-0.25, -0.2) is 4.79 Å². The third kappa shape index (κ3) is 1.74. The summed E-state index contributed by atoms with van der Waals surface area (Å²) in [6, 6.07) is 0. The first-order valence-electron chi connectivity index (χ1n) is 5.64. The van der Waals surface area contributed by atoms with Gasteiger partial charge in [0.2, 0.25) is 0 Å². The number of hydrogen-bond acceptors (Lipinski definition) is 2. The number of aromatic nitrogens is 2. The summed E-state index contributed by atoms with van der Waals surface area (Å²) in [5.41, 5.74) is 5.71. The predicted octanol–water partition coefficient (Wildman–Crippen LogP) is 1.04. The lowest BCUT2D eigenvalue weighted by atomic mass is 9.76. The van der Waals surface area contributed by atoms with Crippen LogP contribution in [0.2, 0.25) is 0 Å². The van der Waals surface area contributed by atoms with E-state index in [9.17, 15) is 4.79 Å². The molecule has 0 bridgehead atoms. The van der Waals surface area contributed by atoms with Crippen LogP contribution in [0.3, 0.4) is 0 Å². The highest BCUT2D eigenvalue weighted by Crippen LogP contribution is 2.36. The largest absolute Gasteiger partial charge is 0.328 e. The van der Waals surface area contributed by atoms with Gasteiger partial charge in [0.15, 0.2) is 0 Å². The number of aromatic amines is 1. The van der Waals surface area contributed by atoms with Crippen LogP contribution in [0.25, 0.3) is 0 Å². The summed E-state index contributed by atoms with van der Waals surface area (Å²) in [5, 5.41) is 0. The Labute approximate surface area is 89.5 Å². The van der Waals surface area contributed by atoms with Crippen LogP contribution in [0.5, 0.6) is 0 Å². The van der Waals surface area contributed by atoms with Gasteiger partial charge in [0.1, 0.15) is 0 Å². The molecule has 0 aliphatic heterocycles. The van der Waals surface area contributed by atoms with Crippen LogP contribution in [0.1, 0.15) is 32.6 Å². The first-order valence-corrected chi connectivity index (χ1v) is 5.64. The van der Waals surface area contributed by atoms with Gasteiger partial charge in [0, 0.05) is 18.9 Å². The zero-order chi connectivity index (χ0) is 10.9. The average molecular weight is 209 g/mol. The van der Waals surface area contributed by atoms with Gasteiger partial charge in [-0.1, -0.05) is 19.8 Å². The molecule has 1 aromatic rings. The van der Waals surface area contributed by atoms with E-state index in [4.69, 9.17) is 5.73 Å². The zero-order valence-electron chi connectivity index (χ0n) is 9.20. The molecule has 3 N–H and O–H groups in total. The molecule has 4 heteroatoms. The van der Waals surface area contributed by atoms with Crippen LogP contribution in [0.4, 0.5) is 0 Å². The third-order valence-electron chi connectivity index (χ3n) is 3.61. The van der Waals surface area contributed by atoms with E-state index in [0.717, 1.165) is 19.3 Å². The summed E-state index contributed by atoms with van der Waals surface area (Å²) in [6.45, 7) is 2.79. The Morgan fingerprint density at radius 2 is 2.53 bits per heavy atom. The van der Waals surface area contributed by atoms with Gasteiger partial charge < -0.3 is 10.7 Å². The number of nitrogens with zero attached hydrogens (tertiary/aromatic N) is 1. The number of nitrogens with two attached hydrogens (primary N) is 1. The number of hydrogen-bond donors (Lipinski definition) is 2. The molecule has 4 nitrogen and oxygen atoms in total. The Kier molecular flexibility index (Phi) is 2.69. The topological polar surface area (TPSA) is 63.8 Å². The van der Waals surface area contributed by atoms with Crippen molar-refractivity contribution in [1.29, 1.82) is 0 Å². The Bertz CT molecular complexity index is 381. The predicted molar refractivity (Wildman–Crippen MR) is 59.7 cm³/mol. The van der Waals surface area contributed by atoms with Crippen LogP contribution in [0.15, 0.2) is 17.2 Å². The normalized spacial score (nSPS) is 31.7. The summed E-state index contributed by atoms with van der Waals surface area (Å²) < 4.78 is 1.79. The van der Waals surface area contributed by atoms with E-state index >= 15 is 0 Å². The standard InChI is InChI=1S/C11H19N3O/c1-9-3-2-4-11(7-9,8-12)14-6-5-13-10(14)15/h5-6,9H,2-4,7-8,12H2,1H3,(H,13,15). The molecule has 0 aromatic carbocycles. The SMILES string of the molecule is CC1CCCC(CN)(n2cc[nH]c2=O)C1. The Morgan fingerprint density at radius 1 is 1.73 bits per heavy atom. The molecule has 15 heavy (non-hydrogen) atoms. The van der Waals surface area contributed by atoms with Crippen molar-refractivity contribution < 1.29 is 0 Å². The van der Waals surface area contributed by atoms with E-state index < -0.39 is 0 Å². The fourth-order valence-corrected chi connectivity index (χ4v) is 2.83. The summed E-state index contributed by atoms with van der Waals surface area (Å²) in [6.07, 6.45) is 7.97. The van der Waals surface area contributed by atoms with Gasteiger partial charge >= 0.3 is 5.69 Å². The smallest absolute Gasteiger partial charge is 0.326 e. The molecular weight excluding hydrogens is 190 g/mol. The van der Waals surface area contributed by atoms with Crippen molar-refractivity contribution in [3.05, 3.63) is 22.9 Å². The lowest BCUT2D eigenvalue weighted by Gasteiger charge is -2.39. The van der Waals surface area contributed by atoms with E-state index in [1.807, 2.05) is 6.20 Å². The van der Waals surface area contributed by atoms with E-state index in [-0.39, 0.29) is 11.2 Å². The van der Waals surface area contributed by atoms with Crippen LogP contribution >= 0.6 is 0 Å². The van der Waals surface area contributed by atoms with Gasteiger partial charge in [0.05, 0.1) is 5.54 Å².